The molecule has 1 fully saturated rings. The van der Waals surface area contributed by atoms with E-state index >= 15 is 0 Å². The number of aromatic nitrogens is 1. The lowest BCUT2D eigenvalue weighted by atomic mass is 10.1. The van der Waals surface area contributed by atoms with Crippen LogP contribution in [0.5, 0.6) is 0 Å². The molecule has 3 N–H and O–H groups in total. The van der Waals surface area contributed by atoms with Crippen LogP contribution in [-0.4, -0.2) is 34.6 Å². The van der Waals surface area contributed by atoms with Crippen LogP contribution in [0.1, 0.15) is 48.6 Å². The largest absolute Gasteiger partial charge is 0.481 e. The molecule has 0 saturated heterocycles. The molecule has 114 valence electrons. The number of nitrogens with one attached hydrogen (secondary N) is 2. The van der Waals surface area contributed by atoms with Crippen molar-refractivity contribution < 1.29 is 14.7 Å². The summed E-state index contributed by atoms with van der Waals surface area (Å²) in [7, 11) is 0. The number of carbonyl (C=O) groups excluding carboxylic acids is 1. The number of carboxylic acid groups (broad SMARTS) is 1. The molecule has 1 heterocycles. The maximum atomic E-state index is 11.5. The molecule has 0 aromatic carbocycles. The normalized spacial score (nSPS) is 20.1. The van der Waals surface area contributed by atoms with Crippen molar-refractivity contribution >= 4 is 28.3 Å². The molecule has 2 aliphatic rings. The van der Waals surface area contributed by atoms with E-state index in [4.69, 9.17) is 5.11 Å². The molecule has 1 aromatic heterocycles. The minimum Gasteiger partial charge on any atom is -0.481 e. The van der Waals surface area contributed by atoms with Gasteiger partial charge in [-0.15, -0.1) is 11.3 Å². The number of nitrogens with zero attached hydrogens (tertiary/aromatic N) is 1. The van der Waals surface area contributed by atoms with Gasteiger partial charge in [-0.2, -0.15) is 0 Å². The van der Waals surface area contributed by atoms with Crippen LogP contribution in [-0.2, 0) is 16.0 Å². The fourth-order valence-corrected chi connectivity index (χ4v) is 3.58. The Balaban J connectivity index is 1.43. The second kappa shape index (κ2) is 6.01. The van der Waals surface area contributed by atoms with Crippen LogP contribution >= 0.6 is 11.3 Å². The quantitative estimate of drug-likeness (QED) is 0.667. The van der Waals surface area contributed by atoms with E-state index < -0.39 is 11.9 Å². The number of carboxylic acids is 1. The average Bonchev–Trinajstić information content (AvgIpc) is 3.00. The fourth-order valence-electron chi connectivity index (χ4n) is 2.51. The topological polar surface area (TPSA) is 91.3 Å². The van der Waals surface area contributed by atoms with Gasteiger partial charge in [0.2, 0.25) is 5.91 Å². The first-order chi connectivity index (χ1) is 10.1. The van der Waals surface area contributed by atoms with Gasteiger partial charge in [-0.05, 0) is 32.1 Å². The van der Waals surface area contributed by atoms with Crippen LogP contribution in [0.2, 0.25) is 0 Å². The highest BCUT2D eigenvalue weighted by Gasteiger charge is 2.32. The fraction of sp³-hybridized carbons (Fsp3) is 0.643. The molecule has 0 aliphatic heterocycles. The first-order valence-corrected chi connectivity index (χ1v) is 8.21. The van der Waals surface area contributed by atoms with Crippen molar-refractivity contribution in [2.75, 3.05) is 11.9 Å². The summed E-state index contributed by atoms with van der Waals surface area (Å²) in [6.45, 7) is 0.683. The van der Waals surface area contributed by atoms with E-state index in [9.17, 15) is 9.59 Å². The molecule has 0 spiro atoms. The van der Waals surface area contributed by atoms with E-state index in [1.54, 1.807) is 0 Å². The molecule has 1 saturated carbocycles. The van der Waals surface area contributed by atoms with E-state index in [0.717, 1.165) is 41.4 Å². The number of amides is 1. The summed E-state index contributed by atoms with van der Waals surface area (Å²) in [5.74, 6) is -1.12. The van der Waals surface area contributed by atoms with Crippen LogP contribution < -0.4 is 10.6 Å². The Hall–Kier alpha value is -1.63. The third-order valence-corrected chi connectivity index (χ3v) is 4.90. The van der Waals surface area contributed by atoms with Gasteiger partial charge < -0.3 is 15.7 Å². The Morgan fingerprint density at radius 2 is 2.14 bits per heavy atom. The molecule has 1 amide bonds. The maximum Gasteiger partial charge on any atom is 0.312 e. The SMILES string of the molecule is O=C(CCCNc1nc2c(s1)CCC2C(=O)O)NC1CC1. The summed E-state index contributed by atoms with van der Waals surface area (Å²) in [6.07, 6.45) is 4.96. The smallest absolute Gasteiger partial charge is 0.312 e. The lowest BCUT2D eigenvalue weighted by molar-refractivity contribution is -0.138. The van der Waals surface area contributed by atoms with Gasteiger partial charge in [0, 0.05) is 23.9 Å². The first kappa shape index (κ1) is 14.3. The van der Waals surface area contributed by atoms with Crippen molar-refractivity contribution in [2.24, 2.45) is 0 Å². The van der Waals surface area contributed by atoms with Crippen LogP contribution in [0.4, 0.5) is 5.13 Å². The number of hydrogen-bond donors (Lipinski definition) is 3. The summed E-state index contributed by atoms with van der Waals surface area (Å²) in [5, 5.41) is 16.0. The maximum absolute atomic E-state index is 11.5. The first-order valence-electron chi connectivity index (χ1n) is 7.39. The predicted octanol–water partition coefficient (Wildman–Crippen LogP) is 1.73. The zero-order chi connectivity index (χ0) is 14.8. The molecule has 0 radical (unpaired) electrons. The second-order valence-corrected chi connectivity index (χ2v) is 6.71. The lowest BCUT2D eigenvalue weighted by Gasteiger charge is -2.05. The number of aliphatic carboxylic acids is 1. The zero-order valence-corrected chi connectivity index (χ0v) is 12.5. The van der Waals surface area contributed by atoms with Crippen molar-refractivity contribution in [2.45, 2.75) is 50.5 Å². The number of carbonyl (C=O) groups is 2. The third-order valence-electron chi connectivity index (χ3n) is 3.82. The molecular formula is C14H19N3O3S. The number of anilines is 1. The molecule has 21 heavy (non-hydrogen) atoms. The van der Waals surface area contributed by atoms with E-state index in [-0.39, 0.29) is 5.91 Å². The van der Waals surface area contributed by atoms with Gasteiger partial charge in [0.1, 0.15) is 5.92 Å². The monoisotopic (exact) mass is 309 g/mol. The number of aryl methyl sites for hydroxylation is 1. The molecule has 2 aliphatic carbocycles. The summed E-state index contributed by atoms with van der Waals surface area (Å²) in [4.78, 5) is 28.1. The van der Waals surface area contributed by atoms with Crippen molar-refractivity contribution in [3.05, 3.63) is 10.6 Å². The van der Waals surface area contributed by atoms with Crippen molar-refractivity contribution in [3.8, 4) is 0 Å². The summed E-state index contributed by atoms with van der Waals surface area (Å²) >= 11 is 1.54. The number of hydrogen-bond acceptors (Lipinski definition) is 5. The molecule has 1 atom stereocenters. The average molecular weight is 309 g/mol. The summed E-state index contributed by atoms with van der Waals surface area (Å²) in [6, 6.07) is 0.417. The molecular weight excluding hydrogens is 290 g/mol. The minimum atomic E-state index is -0.789. The van der Waals surface area contributed by atoms with Crippen LogP contribution in [0.15, 0.2) is 0 Å². The Morgan fingerprint density at radius 1 is 1.33 bits per heavy atom. The van der Waals surface area contributed by atoms with Crippen LogP contribution in [0.3, 0.4) is 0 Å². The Kier molecular flexibility index (Phi) is 4.10. The third kappa shape index (κ3) is 3.53. The van der Waals surface area contributed by atoms with Crippen molar-refractivity contribution in [1.82, 2.24) is 10.3 Å². The Bertz CT molecular complexity index is 554. The summed E-state index contributed by atoms with van der Waals surface area (Å²) in [5.41, 5.74) is 0.724. The highest BCUT2D eigenvalue weighted by atomic mass is 32.1. The van der Waals surface area contributed by atoms with Gasteiger partial charge in [0.05, 0.1) is 5.69 Å². The van der Waals surface area contributed by atoms with Gasteiger partial charge in [0.15, 0.2) is 5.13 Å². The van der Waals surface area contributed by atoms with E-state index in [1.807, 2.05) is 0 Å². The highest BCUT2D eigenvalue weighted by Crippen LogP contribution is 2.38. The van der Waals surface area contributed by atoms with Gasteiger partial charge in [-0.3, -0.25) is 9.59 Å². The van der Waals surface area contributed by atoms with Gasteiger partial charge in [-0.25, -0.2) is 4.98 Å². The van der Waals surface area contributed by atoms with E-state index in [1.165, 1.54) is 11.3 Å². The van der Waals surface area contributed by atoms with Crippen molar-refractivity contribution in [3.63, 3.8) is 0 Å². The van der Waals surface area contributed by atoms with Crippen LogP contribution in [0.25, 0.3) is 0 Å². The molecule has 7 heteroatoms. The van der Waals surface area contributed by atoms with Crippen LogP contribution in [0, 0.1) is 0 Å². The van der Waals surface area contributed by atoms with Gasteiger partial charge >= 0.3 is 5.97 Å². The molecule has 0 bridgehead atoms. The molecule has 3 rings (SSSR count). The number of fused-ring (bicyclic) bond motifs is 1. The van der Waals surface area contributed by atoms with Gasteiger partial charge in [0.25, 0.3) is 0 Å². The number of thiazole rings is 1. The Labute approximate surface area is 127 Å². The standard InChI is InChI=1S/C14H19N3O3S/c18-11(16-8-3-4-8)2-1-7-15-14-17-12-9(13(19)20)5-6-10(12)21-14/h8-9H,1-7H2,(H,15,17)(H,16,18)(H,19,20). The molecule has 1 unspecified atom stereocenters. The van der Waals surface area contributed by atoms with E-state index in [2.05, 4.69) is 15.6 Å². The van der Waals surface area contributed by atoms with E-state index in [0.29, 0.717) is 25.4 Å². The highest BCUT2D eigenvalue weighted by molar-refractivity contribution is 7.15. The van der Waals surface area contributed by atoms with Crippen molar-refractivity contribution in [1.29, 1.82) is 0 Å². The predicted molar refractivity (Wildman–Crippen MR) is 79.7 cm³/mol. The molecule has 1 aromatic rings. The minimum absolute atomic E-state index is 0.117. The second-order valence-electron chi connectivity index (χ2n) is 5.63. The summed E-state index contributed by atoms with van der Waals surface area (Å²) < 4.78 is 0. The Morgan fingerprint density at radius 3 is 2.86 bits per heavy atom. The van der Waals surface area contributed by atoms with Gasteiger partial charge in [-0.1, -0.05) is 0 Å². The zero-order valence-electron chi connectivity index (χ0n) is 11.7. The molecule has 6 nitrogen and oxygen atoms in total. The number of rotatable bonds is 7. The lowest BCUT2D eigenvalue weighted by Crippen LogP contribution is -2.25.